The van der Waals surface area contributed by atoms with Crippen LogP contribution >= 0.6 is 11.3 Å². The van der Waals surface area contributed by atoms with Crippen molar-refractivity contribution in [2.45, 2.75) is 24.1 Å². The van der Waals surface area contributed by atoms with Crippen LogP contribution in [0.1, 0.15) is 18.9 Å². The van der Waals surface area contributed by atoms with Crippen molar-refractivity contribution in [3.05, 3.63) is 17.0 Å². The number of sulfone groups is 1. The number of hydrogen-bond donors (Lipinski definition) is 2. The first-order valence-corrected chi connectivity index (χ1v) is 11.0. The molecule has 6 nitrogen and oxygen atoms in total. The lowest BCUT2D eigenvalue weighted by atomic mass is 10.1. The molecule has 0 aromatic carbocycles. The molecule has 1 saturated heterocycles. The van der Waals surface area contributed by atoms with E-state index in [-0.39, 0.29) is 28.2 Å². The molecule has 2 N–H and O–H groups in total. The Kier molecular flexibility index (Phi) is 5.42. The zero-order chi connectivity index (χ0) is 15.5. The van der Waals surface area contributed by atoms with Crippen molar-refractivity contribution in [2.24, 2.45) is 5.92 Å². The summed E-state index contributed by atoms with van der Waals surface area (Å²) in [5, 5.41) is 4.96. The predicted molar refractivity (Wildman–Crippen MR) is 83.6 cm³/mol. The molecule has 120 valence electrons. The van der Waals surface area contributed by atoms with Crippen molar-refractivity contribution >= 4 is 31.2 Å². The molecule has 1 atom stereocenters. The summed E-state index contributed by atoms with van der Waals surface area (Å²) in [7, 11) is -6.52. The van der Waals surface area contributed by atoms with Gasteiger partial charge in [0.05, 0.1) is 11.5 Å². The van der Waals surface area contributed by atoms with Crippen LogP contribution in [0.15, 0.2) is 15.7 Å². The average Bonchev–Trinajstić information content (AvgIpc) is 3.01. The molecule has 1 unspecified atom stereocenters. The lowest BCUT2D eigenvalue weighted by Crippen LogP contribution is -2.29. The van der Waals surface area contributed by atoms with Gasteiger partial charge in [-0.05, 0) is 35.9 Å². The molecule has 0 saturated carbocycles. The Balaban J connectivity index is 1.94. The highest BCUT2D eigenvalue weighted by Crippen LogP contribution is 2.22. The molecule has 1 fully saturated rings. The van der Waals surface area contributed by atoms with E-state index < -0.39 is 19.9 Å². The number of sulfonamides is 1. The topological polar surface area (TPSA) is 92.3 Å². The van der Waals surface area contributed by atoms with Crippen LogP contribution in [-0.4, -0.2) is 41.4 Å². The zero-order valence-corrected chi connectivity index (χ0v) is 14.3. The van der Waals surface area contributed by atoms with Crippen molar-refractivity contribution in [3.8, 4) is 0 Å². The van der Waals surface area contributed by atoms with Gasteiger partial charge in [-0.15, -0.1) is 11.3 Å². The number of nitrogens with one attached hydrogen (secondary N) is 2. The third-order valence-electron chi connectivity index (χ3n) is 3.36. The molecular formula is C12H20N2O4S3. The maximum absolute atomic E-state index is 12.2. The quantitative estimate of drug-likeness (QED) is 0.748. The van der Waals surface area contributed by atoms with Gasteiger partial charge < -0.3 is 5.32 Å². The maximum Gasteiger partial charge on any atom is 0.250 e. The molecule has 0 aliphatic carbocycles. The third kappa shape index (κ3) is 4.75. The van der Waals surface area contributed by atoms with Gasteiger partial charge in [0.25, 0.3) is 0 Å². The summed E-state index contributed by atoms with van der Waals surface area (Å²) in [6.07, 6.45) is 0.529. The molecule has 0 radical (unpaired) electrons. The van der Waals surface area contributed by atoms with Crippen molar-refractivity contribution in [1.82, 2.24) is 10.0 Å². The molecule has 0 amide bonds. The summed E-state index contributed by atoms with van der Waals surface area (Å²) in [6, 6.07) is 1.65. The fraction of sp³-hybridized carbons (Fsp3) is 0.667. The van der Waals surface area contributed by atoms with Gasteiger partial charge >= 0.3 is 0 Å². The van der Waals surface area contributed by atoms with E-state index in [9.17, 15) is 16.8 Å². The minimum Gasteiger partial charge on any atom is -0.313 e. The molecule has 0 bridgehead atoms. The summed E-state index contributed by atoms with van der Waals surface area (Å²) in [4.78, 5) is 0. The SMILES string of the molecule is CCNCc1csc(S(=O)(=O)NCC2CCS(=O)(=O)C2)c1. The Morgan fingerprint density at radius 1 is 1.43 bits per heavy atom. The average molecular weight is 353 g/mol. The normalized spacial score (nSPS) is 21.7. The molecule has 0 spiro atoms. The van der Waals surface area contributed by atoms with Crippen LogP contribution in [0.2, 0.25) is 0 Å². The predicted octanol–water partition coefficient (Wildman–Crippen LogP) is 0.571. The lowest BCUT2D eigenvalue weighted by Gasteiger charge is -2.09. The van der Waals surface area contributed by atoms with Crippen molar-refractivity contribution in [2.75, 3.05) is 24.6 Å². The fourth-order valence-electron chi connectivity index (χ4n) is 2.19. The minimum atomic E-state index is -3.54. The van der Waals surface area contributed by atoms with Gasteiger partial charge in [0.1, 0.15) is 4.21 Å². The van der Waals surface area contributed by atoms with Gasteiger partial charge in [0.15, 0.2) is 9.84 Å². The third-order valence-corrected chi connectivity index (χ3v) is 8.11. The minimum absolute atomic E-state index is 0.0750. The second-order valence-electron chi connectivity index (χ2n) is 5.18. The monoisotopic (exact) mass is 352 g/mol. The van der Waals surface area contributed by atoms with Crippen molar-refractivity contribution in [1.29, 1.82) is 0 Å². The highest BCUT2D eigenvalue weighted by molar-refractivity contribution is 7.92. The Bertz CT molecular complexity index is 679. The van der Waals surface area contributed by atoms with Crippen LogP contribution in [0.5, 0.6) is 0 Å². The zero-order valence-electron chi connectivity index (χ0n) is 11.8. The Labute approximate surface area is 129 Å². The highest BCUT2D eigenvalue weighted by atomic mass is 32.2. The van der Waals surface area contributed by atoms with Gasteiger partial charge in [-0.2, -0.15) is 0 Å². The molecule has 2 rings (SSSR count). The lowest BCUT2D eigenvalue weighted by molar-refractivity contribution is 0.544. The summed E-state index contributed by atoms with van der Waals surface area (Å²) < 4.78 is 49.8. The first kappa shape index (κ1) is 16.9. The van der Waals surface area contributed by atoms with Crippen LogP contribution in [0, 0.1) is 5.92 Å². The highest BCUT2D eigenvalue weighted by Gasteiger charge is 2.29. The van der Waals surface area contributed by atoms with Crippen LogP contribution in [-0.2, 0) is 26.4 Å². The van der Waals surface area contributed by atoms with E-state index in [0.29, 0.717) is 13.0 Å². The summed E-state index contributed by atoms with van der Waals surface area (Å²) in [6.45, 7) is 3.64. The maximum atomic E-state index is 12.2. The van der Waals surface area contributed by atoms with Gasteiger partial charge in [-0.3, -0.25) is 0 Å². The summed E-state index contributed by atoms with van der Waals surface area (Å²) in [5.41, 5.74) is 0.936. The molecule has 1 aliphatic rings. The van der Waals surface area contributed by atoms with Gasteiger partial charge in [-0.1, -0.05) is 6.92 Å². The molecule has 1 aromatic heterocycles. The van der Waals surface area contributed by atoms with Gasteiger partial charge in [-0.25, -0.2) is 21.6 Å². The second kappa shape index (κ2) is 6.74. The molecule has 9 heteroatoms. The van der Waals surface area contributed by atoms with Crippen LogP contribution in [0.3, 0.4) is 0 Å². The summed E-state index contributed by atoms with van der Waals surface area (Å²) in [5.74, 6) is 0.114. The molecule has 1 aliphatic heterocycles. The van der Waals surface area contributed by atoms with Crippen LogP contribution in [0.25, 0.3) is 0 Å². The van der Waals surface area contributed by atoms with Crippen molar-refractivity contribution in [3.63, 3.8) is 0 Å². The van der Waals surface area contributed by atoms with E-state index in [1.807, 2.05) is 12.3 Å². The molecule has 2 heterocycles. The van der Waals surface area contributed by atoms with E-state index in [1.54, 1.807) is 6.07 Å². The van der Waals surface area contributed by atoms with E-state index >= 15 is 0 Å². The van der Waals surface area contributed by atoms with Gasteiger partial charge in [0, 0.05) is 13.1 Å². The number of hydrogen-bond acceptors (Lipinski definition) is 6. The van der Waals surface area contributed by atoms with Gasteiger partial charge in [0.2, 0.25) is 10.0 Å². The molecule has 21 heavy (non-hydrogen) atoms. The Morgan fingerprint density at radius 2 is 2.19 bits per heavy atom. The first-order valence-electron chi connectivity index (χ1n) is 6.80. The fourth-order valence-corrected chi connectivity index (χ4v) is 6.42. The smallest absolute Gasteiger partial charge is 0.250 e. The van der Waals surface area contributed by atoms with Crippen LogP contribution < -0.4 is 10.0 Å². The first-order chi connectivity index (χ1) is 9.82. The summed E-state index contributed by atoms with van der Waals surface area (Å²) >= 11 is 1.18. The Hall–Kier alpha value is -0.480. The van der Waals surface area contributed by atoms with Crippen molar-refractivity contribution < 1.29 is 16.8 Å². The number of rotatable bonds is 7. The van der Waals surface area contributed by atoms with E-state index in [1.165, 1.54) is 11.3 Å². The number of thiophene rings is 1. The van der Waals surface area contributed by atoms with E-state index in [0.717, 1.165) is 12.1 Å². The Morgan fingerprint density at radius 3 is 2.81 bits per heavy atom. The van der Waals surface area contributed by atoms with Crippen LogP contribution in [0.4, 0.5) is 0 Å². The van der Waals surface area contributed by atoms with E-state index in [2.05, 4.69) is 10.0 Å². The molecule has 1 aromatic rings. The largest absolute Gasteiger partial charge is 0.313 e. The standard InChI is InChI=1S/C12H20N2O4S3/c1-2-13-6-11-5-12(19-8-11)21(17,18)14-7-10-3-4-20(15,16)9-10/h5,8,10,13-14H,2-4,6-7,9H2,1H3. The van der Waals surface area contributed by atoms with E-state index in [4.69, 9.17) is 0 Å². The molecular weight excluding hydrogens is 332 g/mol. The second-order valence-corrected chi connectivity index (χ2v) is 10.3.